The number of halogens is 1. The molecule has 0 aliphatic heterocycles. The van der Waals surface area contributed by atoms with Gasteiger partial charge in [-0.25, -0.2) is 0 Å². The van der Waals surface area contributed by atoms with Crippen LogP contribution in [-0.2, 0) is 4.79 Å². The van der Waals surface area contributed by atoms with Crippen molar-refractivity contribution in [1.82, 2.24) is 0 Å². The van der Waals surface area contributed by atoms with Gasteiger partial charge in [-0.05, 0) is 44.9 Å². The summed E-state index contributed by atoms with van der Waals surface area (Å²) in [6, 6.07) is 0. The summed E-state index contributed by atoms with van der Waals surface area (Å²) in [7, 11) is 0. The summed E-state index contributed by atoms with van der Waals surface area (Å²) in [5, 5.41) is 10.8. The molecular formula is C24H47BrO2. The third-order valence-corrected chi connectivity index (χ3v) is 6.92. The van der Waals surface area contributed by atoms with Gasteiger partial charge in [-0.3, -0.25) is 4.79 Å². The summed E-state index contributed by atoms with van der Waals surface area (Å²) in [6.07, 6.45) is 18.9. The topological polar surface area (TPSA) is 37.3 Å². The standard InChI is InChI=1S/C24H47BrO2/c1-5-7-10-15-21(16-11-8-6-2)17-14-19-22(18-12-9-13-20-25)24(3,4)23(26)27/h21-22H,5-20H2,1-4H3,(H,26,27). The molecule has 0 aliphatic rings. The number of carboxylic acids is 1. The van der Waals surface area contributed by atoms with Gasteiger partial charge in [0, 0.05) is 5.33 Å². The van der Waals surface area contributed by atoms with Gasteiger partial charge in [0.2, 0.25) is 0 Å². The van der Waals surface area contributed by atoms with E-state index in [9.17, 15) is 9.90 Å². The summed E-state index contributed by atoms with van der Waals surface area (Å²) in [6.45, 7) is 8.43. The first-order chi connectivity index (χ1) is 12.9. The van der Waals surface area contributed by atoms with Crippen LogP contribution in [0.15, 0.2) is 0 Å². The van der Waals surface area contributed by atoms with Crippen molar-refractivity contribution >= 4 is 21.9 Å². The van der Waals surface area contributed by atoms with Crippen molar-refractivity contribution in [1.29, 1.82) is 0 Å². The zero-order valence-corrected chi connectivity index (χ0v) is 20.3. The number of carbonyl (C=O) groups is 1. The highest BCUT2D eigenvalue weighted by atomic mass is 79.9. The largest absolute Gasteiger partial charge is 0.481 e. The van der Waals surface area contributed by atoms with Crippen LogP contribution in [0.4, 0.5) is 0 Å². The molecule has 1 atom stereocenters. The number of aliphatic carboxylic acids is 1. The average Bonchev–Trinajstić information content (AvgIpc) is 2.63. The second-order valence-corrected chi connectivity index (χ2v) is 9.84. The first kappa shape index (κ1) is 27.0. The summed E-state index contributed by atoms with van der Waals surface area (Å²) in [4.78, 5) is 11.8. The van der Waals surface area contributed by atoms with E-state index in [0.717, 1.165) is 30.5 Å². The van der Waals surface area contributed by atoms with Gasteiger partial charge in [0.1, 0.15) is 0 Å². The number of hydrogen-bond acceptors (Lipinski definition) is 1. The maximum Gasteiger partial charge on any atom is 0.309 e. The Morgan fingerprint density at radius 3 is 1.74 bits per heavy atom. The van der Waals surface area contributed by atoms with Gasteiger partial charge in [-0.1, -0.05) is 107 Å². The van der Waals surface area contributed by atoms with Gasteiger partial charge >= 0.3 is 5.97 Å². The Hall–Kier alpha value is -0.0500. The SMILES string of the molecule is CCCCCC(CCCCC)CCCC(CCCCCBr)C(C)(C)C(=O)O. The molecule has 0 fully saturated rings. The first-order valence-electron chi connectivity index (χ1n) is 11.7. The zero-order chi connectivity index (χ0) is 20.5. The molecule has 0 aliphatic carbocycles. The molecule has 0 saturated heterocycles. The molecule has 0 aromatic heterocycles. The van der Waals surface area contributed by atoms with Crippen molar-refractivity contribution in [2.45, 2.75) is 124 Å². The maximum atomic E-state index is 11.8. The van der Waals surface area contributed by atoms with Crippen LogP contribution in [-0.4, -0.2) is 16.4 Å². The Bertz CT molecular complexity index is 344. The molecule has 0 heterocycles. The summed E-state index contributed by atoms with van der Waals surface area (Å²) in [5.41, 5.74) is -0.603. The molecule has 0 rings (SSSR count). The molecule has 1 unspecified atom stereocenters. The Labute approximate surface area is 178 Å². The van der Waals surface area contributed by atoms with Crippen LogP contribution in [0.3, 0.4) is 0 Å². The predicted molar refractivity (Wildman–Crippen MR) is 123 cm³/mol. The van der Waals surface area contributed by atoms with Crippen LogP contribution in [0, 0.1) is 17.3 Å². The Kier molecular flexibility index (Phi) is 16.8. The minimum atomic E-state index is -0.629. The van der Waals surface area contributed by atoms with E-state index in [4.69, 9.17) is 0 Å². The normalized spacial score (nSPS) is 13.3. The first-order valence-corrected chi connectivity index (χ1v) is 12.8. The molecular weight excluding hydrogens is 400 g/mol. The van der Waals surface area contributed by atoms with Crippen molar-refractivity contribution in [2.75, 3.05) is 5.33 Å². The monoisotopic (exact) mass is 446 g/mol. The van der Waals surface area contributed by atoms with E-state index in [1.807, 2.05) is 13.8 Å². The summed E-state index contributed by atoms with van der Waals surface area (Å²) < 4.78 is 0. The van der Waals surface area contributed by atoms with E-state index in [2.05, 4.69) is 29.8 Å². The Balaban J connectivity index is 4.56. The quantitative estimate of drug-likeness (QED) is 0.159. The number of alkyl halides is 1. The van der Waals surface area contributed by atoms with Gasteiger partial charge in [0.05, 0.1) is 5.41 Å². The van der Waals surface area contributed by atoms with Crippen molar-refractivity contribution in [3.63, 3.8) is 0 Å². The van der Waals surface area contributed by atoms with E-state index >= 15 is 0 Å². The molecule has 162 valence electrons. The fourth-order valence-corrected chi connectivity index (χ4v) is 4.55. The van der Waals surface area contributed by atoms with Crippen molar-refractivity contribution < 1.29 is 9.90 Å². The minimum Gasteiger partial charge on any atom is -0.481 e. The number of rotatable bonds is 19. The molecule has 2 nitrogen and oxygen atoms in total. The van der Waals surface area contributed by atoms with Gasteiger partial charge in [0.25, 0.3) is 0 Å². The number of carboxylic acid groups (broad SMARTS) is 1. The lowest BCUT2D eigenvalue weighted by Gasteiger charge is -2.31. The lowest BCUT2D eigenvalue weighted by molar-refractivity contribution is -0.150. The Morgan fingerprint density at radius 1 is 0.778 bits per heavy atom. The number of hydrogen-bond donors (Lipinski definition) is 1. The van der Waals surface area contributed by atoms with Crippen molar-refractivity contribution in [2.24, 2.45) is 17.3 Å². The van der Waals surface area contributed by atoms with Crippen LogP contribution in [0.2, 0.25) is 0 Å². The minimum absolute atomic E-state index is 0.303. The van der Waals surface area contributed by atoms with E-state index in [1.165, 1.54) is 77.0 Å². The maximum absolute atomic E-state index is 11.8. The molecule has 0 bridgehead atoms. The second-order valence-electron chi connectivity index (χ2n) is 9.05. The highest BCUT2D eigenvalue weighted by Crippen LogP contribution is 2.36. The molecule has 3 heteroatoms. The molecule has 0 spiro atoms. The molecule has 0 radical (unpaired) electrons. The van der Waals surface area contributed by atoms with E-state index in [1.54, 1.807) is 0 Å². The molecule has 1 N–H and O–H groups in total. The fraction of sp³-hybridized carbons (Fsp3) is 0.958. The third kappa shape index (κ3) is 12.9. The van der Waals surface area contributed by atoms with Crippen LogP contribution >= 0.6 is 15.9 Å². The van der Waals surface area contributed by atoms with Gasteiger partial charge in [-0.15, -0.1) is 0 Å². The Morgan fingerprint density at radius 2 is 1.26 bits per heavy atom. The lowest BCUT2D eigenvalue weighted by Crippen LogP contribution is -2.33. The lowest BCUT2D eigenvalue weighted by atomic mass is 9.73. The van der Waals surface area contributed by atoms with Crippen LogP contribution < -0.4 is 0 Å². The molecule has 0 aromatic rings. The highest BCUT2D eigenvalue weighted by Gasteiger charge is 2.35. The predicted octanol–water partition coefficient (Wildman–Crippen LogP) is 8.62. The average molecular weight is 448 g/mol. The van der Waals surface area contributed by atoms with Gasteiger partial charge in [0.15, 0.2) is 0 Å². The molecule has 0 saturated carbocycles. The fourth-order valence-electron chi connectivity index (χ4n) is 4.15. The molecule has 27 heavy (non-hydrogen) atoms. The van der Waals surface area contributed by atoms with E-state index in [0.29, 0.717) is 5.92 Å². The summed E-state index contributed by atoms with van der Waals surface area (Å²) in [5.74, 6) is 0.526. The van der Waals surface area contributed by atoms with Crippen molar-refractivity contribution in [3.05, 3.63) is 0 Å². The van der Waals surface area contributed by atoms with Gasteiger partial charge < -0.3 is 5.11 Å². The highest BCUT2D eigenvalue weighted by molar-refractivity contribution is 9.09. The van der Waals surface area contributed by atoms with E-state index < -0.39 is 11.4 Å². The summed E-state index contributed by atoms with van der Waals surface area (Å²) >= 11 is 3.49. The zero-order valence-electron chi connectivity index (χ0n) is 18.7. The van der Waals surface area contributed by atoms with Gasteiger partial charge in [-0.2, -0.15) is 0 Å². The third-order valence-electron chi connectivity index (χ3n) is 6.35. The number of unbranched alkanes of at least 4 members (excludes halogenated alkanes) is 6. The van der Waals surface area contributed by atoms with E-state index in [-0.39, 0.29) is 0 Å². The van der Waals surface area contributed by atoms with Crippen LogP contribution in [0.5, 0.6) is 0 Å². The van der Waals surface area contributed by atoms with Crippen molar-refractivity contribution in [3.8, 4) is 0 Å². The molecule has 0 amide bonds. The molecule has 0 aromatic carbocycles. The smallest absolute Gasteiger partial charge is 0.309 e. The van der Waals surface area contributed by atoms with Crippen LogP contribution in [0.25, 0.3) is 0 Å². The second kappa shape index (κ2) is 16.9. The van der Waals surface area contributed by atoms with Crippen LogP contribution in [0.1, 0.15) is 124 Å².